The summed E-state index contributed by atoms with van der Waals surface area (Å²) in [5.74, 6) is 0.0116. The number of rotatable bonds is 3. The minimum Gasteiger partial charge on any atom is -0.325 e. The third kappa shape index (κ3) is 3.60. The van der Waals surface area contributed by atoms with E-state index in [4.69, 9.17) is 5.26 Å². The van der Waals surface area contributed by atoms with Gasteiger partial charge in [-0.2, -0.15) is 5.26 Å². The van der Waals surface area contributed by atoms with Crippen LogP contribution in [0, 0.1) is 11.3 Å². The molecular weight excluding hydrogens is 264 g/mol. The van der Waals surface area contributed by atoms with Gasteiger partial charge in [-0.25, -0.2) is 0 Å². The molecule has 2 bridgehead atoms. The number of nitrogens with zero attached hydrogens (tertiary/aromatic N) is 2. The number of amides is 1. The zero-order chi connectivity index (χ0) is 14.7. The van der Waals surface area contributed by atoms with Crippen LogP contribution < -0.4 is 10.6 Å². The molecule has 2 atom stereocenters. The Morgan fingerprint density at radius 3 is 2.81 bits per heavy atom. The van der Waals surface area contributed by atoms with E-state index in [0.717, 1.165) is 25.2 Å². The molecule has 110 valence electrons. The van der Waals surface area contributed by atoms with Crippen LogP contribution >= 0.6 is 0 Å². The van der Waals surface area contributed by atoms with Crippen LogP contribution in [0.4, 0.5) is 5.69 Å². The van der Waals surface area contributed by atoms with E-state index in [1.165, 1.54) is 12.8 Å². The Kier molecular flexibility index (Phi) is 4.18. The van der Waals surface area contributed by atoms with Crippen molar-refractivity contribution in [1.82, 2.24) is 10.2 Å². The molecule has 0 aromatic heterocycles. The maximum atomic E-state index is 12.1. The summed E-state index contributed by atoms with van der Waals surface area (Å²) in [5.41, 5.74) is 1.34. The highest BCUT2D eigenvalue weighted by atomic mass is 16.2. The van der Waals surface area contributed by atoms with Crippen LogP contribution in [0.15, 0.2) is 24.3 Å². The van der Waals surface area contributed by atoms with Gasteiger partial charge in [0.05, 0.1) is 18.2 Å². The molecule has 3 rings (SSSR count). The summed E-state index contributed by atoms with van der Waals surface area (Å²) >= 11 is 0. The summed E-state index contributed by atoms with van der Waals surface area (Å²) in [6.45, 7) is 2.37. The van der Waals surface area contributed by atoms with Gasteiger partial charge in [-0.3, -0.25) is 9.69 Å². The van der Waals surface area contributed by atoms with Gasteiger partial charge in [0, 0.05) is 30.9 Å². The lowest BCUT2D eigenvalue weighted by atomic mass is 10.1. The smallest absolute Gasteiger partial charge is 0.238 e. The van der Waals surface area contributed by atoms with Crippen molar-refractivity contribution in [1.29, 1.82) is 5.26 Å². The van der Waals surface area contributed by atoms with E-state index in [1.807, 2.05) is 0 Å². The fourth-order valence-corrected chi connectivity index (χ4v) is 3.19. The molecule has 2 saturated heterocycles. The number of carbonyl (C=O) groups excluding carboxylic acids is 1. The summed E-state index contributed by atoms with van der Waals surface area (Å²) in [4.78, 5) is 14.3. The summed E-state index contributed by atoms with van der Waals surface area (Å²) in [6.07, 6.45) is 3.62. The average Bonchev–Trinajstić information content (AvgIpc) is 2.82. The number of hydrogen-bond acceptors (Lipinski definition) is 4. The molecule has 2 aliphatic heterocycles. The maximum Gasteiger partial charge on any atom is 0.238 e. The fraction of sp³-hybridized carbons (Fsp3) is 0.500. The van der Waals surface area contributed by atoms with Gasteiger partial charge in [-0.15, -0.1) is 0 Å². The zero-order valence-electron chi connectivity index (χ0n) is 12.0. The number of nitrogens with one attached hydrogen (secondary N) is 2. The number of carbonyl (C=O) groups is 1. The number of benzene rings is 1. The van der Waals surface area contributed by atoms with Crippen molar-refractivity contribution in [3.63, 3.8) is 0 Å². The minimum absolute atomic E-state index is 0.0116. The highest BCUT2D eigenvalue weighted by Gasteiger charge is 2.29. The Labute approximate surface area is 124 Å². The first kappa shape index (κ1) is 14.1. The molecule has 5 heteroatoms. The van der Waals surface area contributed by atoms with Gasteiger partial charge in [-0.1, -0.05) is 0 Å². The minimum atomic E-state index is 0.0116. The number of likely N-dealkylation sites (tertiary alicyclic amines) is 1. The number of fused-ring (bicyclic) bond motifs is 2. The van der Waals surface area contributed by atoms with Gasteiger partial charge in [0.1, 0.15) is 0 Å². The van der Waals surface area contributed by atoms with E-state index in [1.54, 1.807) is 24.3 Å². The summed E-state index contributed by atoms with van der Waals surface area (Å²) in [6, 6.07) is 10.2. The van der Waals surface area contributed by atoms with Gasteiger partial charge in [0.2, 0.25) is 5.91 Å². The Morgan fingerprint density at radius 2 is 2.05 bits per heavy atom. The standard InChI is InChI=1S/C16H20N4O/c17-9-12-1-3-13(4-2-12)19-16(21)11-20-8-7-14-5-6-15(10-20)18-14/h1-4,14-15,18H,5-8,10-11H2,(H,19,21). The van der Waals surface area contributed by atoms with E-state index in [9.17, 15) is 4.79 Å². The predicted molar refractivity (Wildman–Crippen MR) is 80.8 cm³/mol. The van der Waals surface area contributed by atoms with Crippen molar-refractivity contribution in [2.45, 2.75) is 31.3 Å². The summed E-state index contributed by atoms with van der Waals surface area (Å²) in [7, 11) is 0. The monoisotopic (exact) mass is 284 g/mol. The second-order valence-electron chi connectivity index (χ2n) is 5.90. The Morgan fingerprint density at radius 1 is 1.29 bits per heavy atom. The molecule has 2 fully saturated rings. The van der Waals surface area contributed by atoms with Crippen molar-refractivity contribution in [2.24, 2.45) is 0 Å². The van der Waals surface area contributed by atoms with E-state index < -0.39 is 0 Å². The lowest BCUT2D eigenvalue weighted by molar-refractivity contribution is -0.117. The molecule has 1 aromatic carbocycles. The first-order valence-corrected chi connectivity index (χ1v) is 7.51. The lowest BCUT2D eigenvalue weighted by Gasteiger charge is -2.23. The van der Waals surface area contributed by atoms with Crippen LogP contribution in [0.1, 0.15) is 24.8 Å². The molecule has 21 heavy (non-hydrogen) atoms. The van der Waals surface area contributed by atoms with Crippen LogP contribution in [-0.4, -0.2) is 42.5 Å². The van der Waals surface area contributed by atoms with Crippen molar-refractivity contribution < 1.29 is 4.79 Å². The molecule has 1 aromatic rings. The van der Waals surface area contributed by atoms with Crippen LogP contribution in [0.5, 0.6) is 0 Å². The molecule has 2 unspecified atom stereocenters. The molecule has 1 amide bonds. The largest absolute Gasteiger partial charge is 0.325 e. The Bertz CT molecular complexity index is 548. The molecule has 2 aliphatic rings. The predicted octanol–water partition coefficient (Wildman–Crippen LogP) is 1.32. The van der Waals surface area contributed by atoms with E-state index in [2.05, 4.69) is 21.6 Å². The SMILES string of the molecule is N#Cc1ccc(NC(=O)CN2CCC3CCC(C2)N3)cc1. The maximum absolute atomic E-state index is 12.1. The normalized spacial score (nSPS) is 25.1. The first-order chi connectivity index (χ1) is 10.2. The highest BCUT2D eigenvalue weighted by molar-refractivity contribution is 5.92. The van der Waals surface area contributed by atoms with Crippen LogP contribution in [0.2, 0.25) is 0 Å². The van der Waals surface area contributed by atoms with Gasteiger partial charge in [-0.05, 0) is 43.5 Å². The molecular formula is C16H20N4O. The topological polar surface area (TPSA) is 68.2 Å². The van der Waals surface area contributed by atoms with Crippen molar-refractivity contribution in [2.75, 3.05) is 25.0 Å². The second-order valence-corrected chi connectivity index (χ2v) is 5.90. The van der Waals surface area contributed by atoms with Gasteiger partial charge in [0.25, 0.3) is 0 Å². The molecule has 0 aliphatic carbocycles. The first-order valence-electron chi connectivity index (χ1n) is 7.51. The third-order valence-corrected chi connectivity index (χ3v) is 4.27. The van der Waals surface area contributed by atoms with E-state index in [0.29, 0.717) is 24.2 Å². The van der Waals surface area contributed by atoms with E-state index >= 15 is 0 Å². The summed E-state index contributed by atoms with van der Waals surface area (Å²) in [5, 5.41) is 15.3. The second kappa shape index (κ2) is 6.25. The third-order valence-electron chi connectivity index (χ3n) is 4.27. The number of hydrogen-bond donors (Lipinski definition) is 2. The fourth-order valence-electron chi connectivity index (χ4n) is 3.19. The van der Waals surface area contributed by atoms with Crippen molar-refractivity contribution >= 4 is 11.6 Å². The molecule has 0 spiro atoms. The molecule has 0 saturated carbocycles. The quantitative estimate of drug-likeness (QED) is 0.878. The average molecular weight is 284 g/mol. The van der Waals surface area contributed by atoms with Gasteiger partial charge >= 0.3 is 0 Å². The molecule has 5 nitrogen and oxygen atoms in total. The zero-order valence-corrected chi connectivity index (χ0v) is 12.0. The number of nitriles is 1. The molecule has 2 N–H and O–H groups in total. The van der Waals surface area contributed by atoms with Crippen LogP contribution in [0.25, 0.3) is 0 Å². The molecule has 2 heterocycles. The van der Waals surface area contributed by atoms with E-state index in [-0.39, 0.29) is 5.91 Å². The van der Waals surface area contributed by atoms with Crippen molar-refractivity contribution in [3.05, 3.63) is 29.8 Å². The van der Waals surface area contributed by atoms with Gasteiger partial charge < -0.3 is 10.6 Å². The summed E-state index contributed by atoms with van der Waals surface area (Å²) < 4.78 is 0. The lowest BCUT2D eigenvalue weighted by Crippen LogP contribution is -2.39. The Hall–Kier alpha value is -1.90. The Balaban J connectivity index is 1.52. The van der Waals surface area contributed by atoms with Gasteiger partial charge in [0.15, 0.2) is 0 Å². The van der Waals surface area contributed by atoms with Crippen molar-refractivity contribution in [3.8, 4) is 6.07 Å². The van der Waals surface area contributed by atoms with Crippen LogP contribution in [-0.2, 0) is 4.79 Å². The number of anilines is 1. The highest BCUT2D eigenvalue weighted by Crippen LogP contribution is 2.20. The molecule has 0 radical (unpaired) electrons. The van der Waals surface area contributed by atoms with Crippen LogP contribution in [0.3, 0.4) is 0 Å².